The standard InChI is InChI=1S/C12H19N3O/c1-2-6-13-9-10-5-7-14-12(15-10)11-4-3-8-16-11/h5,7,11,13H,2-4,6,8-9H2,1H3. The number of nitrogens with one attached hydrogen (secondary N) is 1. The van der Waals surface area contributed by atoms with Gasteiger partial charge in [-0.2, -0.15) is 0 Å². The van der Waals surface area contributed by atoms with Crippen molar-refractivity contribution in [3.63, 3.8) is 0 Å². The van der Waals surface area contributed by atoms with Crippen LogP contribution in [0.2, 0.25) is 0 Å². The third kappa shape index (κ3) is 3.00. The third-order valence-corrected chi connectivity index (χ3v) is 2.68. The highest BCUT2D eigenvalue weighted by Gasteiger charge is 2.20. The molecule has 0 radical (unpaired) electrons. The maximum Gasteiger partial charge on any atom is 0.157 e. The van der Waals surface area contributed by atoms with E-state index in [9.17, 15) is 0 Å². The fraction of sp³-hybridized carbons (Fsp3) is 0.667. The van der Waals surface area contributed by atoms with Gasteiger partial charge in [0.15, 0.2) is 5.82 Å². The highest BCUT2D eigenvalue weighted by molar-refractivity contribution is 5.04. The number of rotatable bonds is 5. The summed E-state index contributed by atoms with van der Waals surface area (Å²) in [6, 6.07) is 1.96. The van der Waals surface area contributed by atoms with E-state index in [4.69, 9.17) is 4.74 Å². The normalized spacial score (nSPS) is 20.2. The van der Waals surface area contributed by atoms with Gasteiger partial charge in [0.05, 0.1) is 5.69 Å². The van der Waals surface area contributed by atoms with Gasteiger partial charge in [-0.15, -0.1) is 0 Å². The van der Waals surface area contributed by atoms with Crippen LogP contribution in [-0.4, -0.2) is 23.1 Å². The molecule has 0 spiro atoms. The van der Waals surface area contributed by atoms with Gasteiger partial charge >= 0.3 is 0 Å². The van der Waals surface area contributed by atoms with Gasteiger partial charge in [0.1, 0.15) is 6.10 Å². The van der Waals surface area contributed by atoms with E-state index in [2.05, 4.69) is 22.2 Å². The molecular formula is C12H19N3O. The third-order valence-electron chi connectivity index (χ3n) is 2.68. The first-order valence-electron chi connectivity index (χ1n) is 6.04. The van der Waals surface area contributed by atoms with Crippen molar-refractivity contribution in [1.82, 2.24) is 15.3 Å². The van der Waals surface area contributed by atoms with E-state index >= 15 is 0 Å². The summed E-state index contributed by atoms with van der Waals surface area (Å²) in [6.45, 7) is 4.84. The summed E-state index contributed by atoms with van der Waals surface area (Å²) in [6.07, 6.45) is 5.25. The van der Waals surface area contributed by atoms with Crippen LogP contribution in [-0.2, 0) is 11.3 Å². The molecule has 1 aromatic heterocycles. The number of hydrogen-bond donors (Lipinski definition) is 1. The molecule has 1 fully saturated rings. The van der Waals surface area contributed by atoms with Crippen LogP contribution >= 0.6 is 0 Å². The molecule has 1 aliphatic rings. The van der Waals surface area contributed by atoms with E-state index in [0.29, 0.717) is 0 Å². The largest absolute Gasteiger partial charge is 0.370 e. The summed E-state index contributed by atoms with van der Waals surface area (Å²) >= 11 is 0. The minimum Gasteiger partial charge on any atom is -0.370 e. The molecule has 1 saturated heterocycles. The van der Waals surface area contributed by atoms with Gasteiger partial charge in [-0.25, -0.2) is 9.97 Å². The SMILES string of the molecule is CCCNCc1ccnc(C2CCCO2)n1. The average molecular weight is 221 g/mol. The Morgan fingerprint density at radius 2 is 2.50 bits per heavy atom. The van der Waals surface area contributed by atoms with Crippen LogP contribution in [0.25, 0.3) is 0 Å². The van der Waals surface area contributed by atoms with Gasteiger partial charge in [-0.3, -0.25) is 0 Å². The van der Waals surface area contributed by atoms with Crippen molar-refractivity contribution in [3.8, 4) is 0 Å². The van der Waals surface area contributed by atoms with Crippen molar-refractivity contribution in [2.24, 2.45) is 0 Å². The highest BCUT2D eigenvalue weighted by Crippen LogP contribution is 2.25. The fourth-order valence-electron chi connectivity index (χ4n) is 1.84. The molecule has 4 nitrogen and oxygen atoms in total. The van der Waals surface area contributed by atoms with Gasteiger partial charge in [-0.05, 0) is 31.9 Å². The van der Waals surface area contributed by atoms with E-state index in [0.717, 1.165) is 50.5 Å². The lowest BCUT2D eigenvalue weighted by Crippen LogP contribution is -2.16. The Morgan fingerprint density at radius 3 is 3.25 bits per heavy atom. The summed E-state index contributed by atoms with van der Waals surface area (Å²) < 4.78 is 5.57. The Kier molecular flexibility index (Phi) is 4.25. The quantitative estimate of drug-likeness (QED) is 0.770. The van der Waals surface area contributed by atoms with Gasteiger partial charge in [0.25, 0.3) is 0 Å². The molecule has 0 amide bonds. The molecular weight excluding hydrogens is 202 g/mol. The summed E-state index contributed by atoms with van der Waals surface area (Å²) in [5.41, 5.74) is 1.05. The molecule has 16 heavy (non-hydrogen) atoms. The first-order valence-corrected chi connectivity index (χ1v) is 6.04. The first-order chi connectivity index (χ1) is 7.90. The molecule has 1 atom stereocenters. The number of hydrogen-bond acceptors (Lipinski definition) is 4. The van der Waals surface area contributed by atoms with E-state index in [1.807, 2.05) is 12.3 Å². The van der Waals surface area contributed by atoms with Crippen molar-refractivity contribution < 1.29 is 4.74 Å². The maximum absolute atomic E-state index is 5.57. The second-order valence-corrected chi connectivity index (χ2v) is 4.08. The summed E-state index contributed by atoms with van der Waals surface area (Å²) in [5, 5.41) is 3.34. The molecule has 4 heteroatoms. The molecule has 1 N–H and O–H groups in total. The Hall–Kier alpha value is -1.00. The molecule has 0 bridgehead atoms. The molecule has 2 heterocycles. The highest BCUT2D eigenvalue weighted by atomic mass is 16.5. The smallest absolute Gasteiger partial charge is 0.157 e. The van der Waals surface area contributed by atoms with Crippen molar-refractivity contribution >= 4 is 0 Å². The Labute approximate surface area is 96.4 Å². The van der Waals surface area contributed by atoms with Gasteiger partial charge in [-0.1, -0.05) is 6.92 Å². The van der Waals surface area contributed by atoms with Crippen LogP contribution in [0.4, 0.5) is 0 Å². The zero-order chi connectivity index (χ0) is 11.2. The van der Waals surface area contributed by atoms with Gasteiger partial charge in [0.2, 0.25) is 0 Å². The summed E-state index contributed by atoms with van der Waals surface area (Å²) in [5.74, 6) is 0.841. The van der Waals surface area contributed by atoms with Crippen LogP contribution < -0.4 is 5.32 Å². The second kappa shape index (κ2) is 5.92. The molecule has 0 saturated carbocycles. The van der Waals surface area contributed by atoms with Crippen molar-refractivity contribution in [2.45, 2.75) is 38.8 Å². The number of aromatic nitrogens is 2. The monoisotopic (exact) mass is 221 g/mol. The number of nitrogens with zero attached hydrogens (tertiary/aromatic N) is 2. The lowest BCUT2D eigenvalue weighted by Gasteiger charge is -2.09. The Bertz CT molecular complexity index is 324. The van der Waals surface area contributed by atoms with E-state index < -0.39 is 0 Å². The minimum atomic E-state index is 0.117. The molecule has 1 aliphatic heterocycles. The molecule has 1 aromatic rings. The lowest BCUT2D eigenvalue weighted by molar-refractivity contribution is 0.105. The summed E-state index contributed by atoms with van der Waals surface area (Å²) in [7, 11) is 0. The zero-order valence-corrected chi connectivity index (χ0v) is 9.78. The van der Waals surface area contributed by atoms with Crippen LogP contribution in [0.5, 0.6) is 0 Å². The van der Waals surface area contributed by atoms with Crippen LogP contribution in [0.3, 0.4) is 0 Å². The van der Waals surface area contributed by atoms with Crippen LogP contribution in [0, 0.1) is 0 Å². The van der Waals surface area contributed by atoms with Gasteiger partial charge < -0.3 is 10.1 Å². The zero-order valence-electron chi connectivity index (χ0n) is 9.78. The number of ether oxygens (including phenoxy) is 1. The minimum absolute atomic E-state index is 0.117. The molecule has 1 unspecified atom stereocenters. The Balaban J connectivity index is 1.95. The molecule has 2 rings (SSSR count). The van der Waals surface area contributed by atoms with Crippen molar-refractivity contribution in [2.75, 3.05) is 13.2 Å². The van der Waals surface area contributed by atoms with Crippen molar-refractivity contribution in [1.29, 1.82) is 0 Å². The molecule has 0 aliphatic carbocycles. The predicted octanol–water partition coefficient (Wildman–Crippen LogP) is 1.83. The van der Waals surface area contributed by atoms with Gasteiger partial charge in [0, 0.05) is 19.3 Å². The Morgan fingerprint density at radius 1 is 1.56 bits per heavy atom. The fourth-order valence-corrected chi connectivity index (χ4v) is 1.84. The van der Waals surface area contributed by atoms with E-state index in [1.165, 1.54) is 0 Å². The van der Waals surface area contributed by atoms with E-state index in [-0.39, 0.29) is 6.10 Å². The molecule has 0 aromatic carbocycles. The van der Waals surface area contributed by atoms with Crippen molar-refractivity contribution in [3.05, 3.63) is 23.8 Å². The lowest BCUT2D eigenvalue weighted by atomic mass is 10.2. The average Bonchev–Trinajstić information content (AvgIpc) is 2.83. The van der Waals surface area contributed by atoms with Crippen LogP contribution in [0.1, 0.15) is 43.8 Å². The molecule has 88 valence electrons. The first kappa shape index (κ1) is 11.5. The predicted molar refractivity (Wildman–Crippen MR) is 62.0 cm³/mol. The second-order valence-electron chi connectivity index (χ2n) is 4.08. The van der Waals surface area contributed by atoms with E-state index in [1.54, 1.807) is 0 Å². The topological polar surface area (TPSA) is 47.0 Å². The van der Waals surface area contributed by atoms with Crippen LogP contribution in [0.15, 0.2) is 12.3 Å². The summed E-state index contributed by atoms with van der Waals surface area (Å²) in [4.78, 5) is 8.81. The maximum atomic E-state index is 5.57.